The summed E-state index contributed by atoms with van der Waals surface area (Å²) < 4.78 is 11.0. The molecule has 0 spiro atoms. The Bertz CT molecular complexity index is 1070. The van der Waals surface area contributed by atoms with Crippen molar-refractivity contribution in [2.24, 2.45) is 5.92 Å². The maximum atomic E-state index is 12.6. The molecule has 0 radical (unpaired) electrons. The van der Waals surface area contributed by atoms with Crippen molar-refractivity contribution in [3.63, 3.8) is 0 Å². The van der Waals surface area contributed by atoms with Crippen LogP contribution >= 0.6 is 11.3 Å². The van der Waals surface area contributed by atoms with Crippen molar-refractivity contribution in [1.82, 2.24) is 5.32 Å². The molecule has 1 unspecified atom stereocenters. The third kappa shape index (κ3) is 6.10. The number of amides is 2. The number of hydrogen-bond donors (Lipinski definition) is 3. The normalized spacial score (nSPS) is 17.9. The van der Waals surface area contributed by atoms with E-state index >= 15 is 0 Å². The Labute approximate surface area is 203 Å². The second-order valence-electron chi connectivity index (χ2n) is 8.74. The summed E-state index contributed by atoms with van der Waals surface area (Å²) in [5, 5.41) is 16.4. The third-order valence-electron chi connectivity index (χ3n) is 6.38. The van der Waals surface area contributed by atoms with Gasteiger partial charge in [-0.25, -0.2) is 4.79 Å². The number of hydrogen-bond acceptors (Lipinski definition) is 6. The lowest BCUT2D eigenvalue weighted by Gasteiger charge is -2.25. The van der Waals surface area contributed by atoms with E-state index in [0.717, 1.165) is 47.6 Å². The lowest BCUT2D eigenvalue weighted by atomic mass is 9.93. The van der Waals surface area contributed by atoms with Crippen molar-refractivity contribution in [3.8, 4) is 18.1 Å². The lowest BCUT2D eigenvalue weighted by Crippen LogP contribution is -2.36. The zero-order valence-corrected chi connectivity index (χ0v) is 19.9. The van der Waals surface area contributed by atoms with Gasteiger partial charge in [0, 0.05) is 37.5 Å². The van der Waals surface area contributed by atoms with Crippen LogP contribution in [0.25, 0.3) is 0 Å². The molecule has 2 aromatic rings. The van der Waals surface area contributed by atoms with E-state index in [2.05, 4.69) is 16.6 Å². The van der Waals surface area contributed by atoms with Gasteiger partial charge in [-0.1, -0.05) is 24.1 Å². The average molecular weight is 483 g/mol. The van der Waals surface area contributed by atoms with Gasteiger partial charge in [-0.05, 0) is 55.2 Å². The smallest absolute Gasteiger partial charge is 0.407 e. The molecule has 7 nitrogen and oxygen atoms in total. The van der Waals surface area contributed by atoms with E-state index in [1.807, 2.05) is 6.07 Å². The maximum absolute atomic E-state index is 12.6. The Hall–Kier alpha value is -3.02. The molecule has 34 heavy (non-hydrogen) atoms. The standard InChI is InChI=1S/C26H30N2O5S/c1-2-20-21-9-8-19(33-26(31)27-16-17-11-13-32-14-12-17)15-23(21)34-25(20)28-24(30)10-7-18-5-3-4-6-22(18)29/h1,3-6,17,19,29H,7-16H2,(H,27,31)(H,28,30). The zero-order chi connectivity index (χ0) is 23.9. The van der Waals surface area contributed by atoms with Crippen molar-refractivity contribution in [1.29, 1.82) is 0 Å². The highest BCUT2D eigenvalue weighted by Gasteiger charge is 2.28. The quantitative estimate of drug-likeness (QED) is 0.518. The van der Waals surface area contributed by atoms with Crippen molar-refractivity contribution >= 4 is 28.3 Å². The summed E-state index contributed by atoms with van der Waals surface area (Å²) in [5.74, 6) is 3.20. The molecule has 1 aliphatic carbocycles. The molecule has 1 atom stereocenters. The van der Waals surface area contributed by atoms with Crippen LogP contribution in [0.2, 0.25) is 0 Å². The predicted molar refractivity (Wildman–Crippen MR) is 131 cm³/mol. The predicted octanol–water partition coefficient (Wildman–Crippen LogP) is 4.02. The molecule has 2 amide bonds. The van der Waals surface area contributed by atoms with E-state index in [1.54, 1.807) is 18.2 Å². The Balaban J connectivity index is 1.30. The van der Waals surface area contributed by atoms with Gasteiger partial charge in [0.05, 0.1) is 5.56 Å². The summed E-state index contributed by atoms with van der Waals surface area (Å²) in [7, 11) is 0. The van der Waals surface area contributed by atoms with Crippen LogP contribution in [-0.2, 0) is 33.5 Å². The second kappa shape index (κ2) is 11.4. The van der Waals surface area contributed by atoms with Crippen LogP contribution in [0.1, 0.15) is 47.3 Å². The van der Waals surface area contributed by atoms with Gasteiger partial charge in [-0.3, -0.25) is 4.79 Å². The number of benzene rings is 1. The molecule has 8 heteroatoms. The van der Waals surface area contributed by atoms with Gasteiger partial charge in [-0.15, -0.1) is 17.8 Å². The molecule has 0 saturated carbocycles. The van der Waals surface area contributed by atoms with Gasteiger partial charge >= 0.3 is 6.09 Å². The number of phenols is 1. The van der Waals surface area contributed by atoms with Crippen molar-refractivity contribution in [2.45, 2.75) is 51.0 Å². The lowest BCUT2D eigenvalue weighted by molar-refractivity contribution is -0.116. The average Bonchev–Trinajstić information content (AvgIpc) is 3.18. The molecule has 1 aliphatic heterocycles. The van der Waals surface area contributed by atoms with Crippen molar-refractivity contribution in [2.75, 3.05) is 25.1 Å². The molecule has 2 heterocycles. The van der Waals surface area contributed by atoms with Gasteiger partial charge in [0.2, 0.25) is 5.91 Å². The van der Waals surface area contributed by atoms with Crippen molar-refractivity contribution < 1.29 is 24.2 Å². The Morgan fingerprint density at radius 2 is 2.03 bits per heavy atom. The minimum atomic E-state index is -0.383. The summed E-state index contributed by atoms with van der Waals surface area (Å²) in [6.07, 6.45) is 9.76. The Kier molecular flexibility index (Phi) is 8.09. The number of fused-ring (bicyclic) bond motifs is 1. The number of rotatable bonds is 7. The van der Waals surface area contributed by atoms with Gasteiger partial charge in [0.25, 0.3) is 0 Å². The molecule has 1 saturated heterocycles. The third-order valence-corrected chi connectivity index (χ3v) is 7.55. The fourth-order valence-electron chi connectivity index (χ4n) is 4.43. The molecular weight excluding hydrogens is 452 g/mol. The van der Waals surface area contributed by atoms with E-state index in [9.17, 15) is 14.7 Å². The summed E-state index contributed by atoms with van der Waals surface area (Å²) >= 11 is 1.46. The largest absolute Gasteiger partial charge is 0.508 e. The van der Waals surface area contributed by atoms with Crippen LogP contribution in [0.3, 0.4) is 0 Å². The minimum absolute atomic E-state index is 0.154. The number of ether oxygens (including phenoxy) is 2. The maximum Gasteiger partial charge on any atom is 0.407 e. The summed E-state index contributed by atoms with van der Waals surface area (Å²) in [4.78, 5) is 25.9. The highest BCUT2D eigenvalue weighted by atomic mass is 32.1. The molecular formula is C26H30N2O5S. The molecule has 0 bridgehead atoms. The summed E-state index contributed by atoms with van der Waals surface area (Å²) in [6, 6.07) is 7.00. The van der Waals surface area contributed by atoms with E-state index in [4.69, 9.17) is 15.9 Å². The second-order valence-corrected chi connectivity index (χ2v) is 9.84. The molecule has 3 N–H and O–H groups in total. The van der Waals surface area contributed by atoms with E-state index in [-0.39, 0.29) is 30.3 Å². The highest BCUT2D eigenvalue weighted by Crippen LogP contribution is 2.38. The molecule has 180 valence electrons. The number of terminal acetylenes is 1. The van der Waals surface area contributed by atoms with Gasteiger partial charge in [0.1, 0.15) is 16.9 Å². The van der Waals surface area contributed by atoms with Crippen LogP contribution in [0, 0.1) is 18.3 Å². The van der Waals surface area contributed by atoms with Gasteiger partial charge in [-0.2, -0.15) is 0 Å². The van der Waals surface area contributed by atoms with E-state index in [0.29, 0.717) is 43.1 Å². The topological polar surface area (TPSA) is 96.9 Å². The number of anilines is 1. The summed E-state index contributed by atoms with van der Waals surface area (Å²) in [6.45, 7) is 2.10. The number of aromatic hydroxyl groups is 1. The monoisotopic (exact) mass is 482 g/mol. The first-order chi connectivity index (χ1) is 16.5. The number of aryl methyl sites for hydroxylation is 1. The first-order valence-electron chi connectivity index (χ1n) is 11.7. The zero-order valence-electron chi connectivity index (χ0n) is 19.1. The van der Waals surface area contributed by atoms with Crippen LogP contribution < -0.4 is 10.6 Å². The van der Waals surface area contributed by atoms with Crippen LogP contribution in [0.5, 0.6) is 5.75 Å². The van der Waals surface area contributed by atoms with Crippen LogP contribution in [0.4, 0.5) is 9.80 Å². The molecule has 1 aromatic carbocycles. The van der Waals surface area contributed by atoms with E-state index < -0.39 is 0 Å². The SMILES string of the molecule is C#Cc1c(NC(=O)CCc2ccccc2O)sc2c1CCC(OC(=O)NCC1CCOCC1)C2. The first-order valence-corrected chi connectivity index (χ1v) is 12.5. The number of carbonyl (C=O) groups excluding carboxylic acids is 2. The fraction of sp³-hybridized carbons (Fsp3) is 0.462. The first kappa shape index (κ1) is 24.1. The number of nitrogens with one attached hydrogen (secondary N) is 2. The number of phenolic OH excluding ortho intramolecular Hbond substituents is 1. The number of carbonyl (C=O) groups is 2. The Morgan fingerprint density at radius 1 is 1.24 bits per heavy atom. The van der Waals surface area contributed by atoms with Gasteiger partial charge < -0.3 is 25.2 Å². The van der Waals surface area contributed by atoms with Crippen molar-refractivity contribution in [3.05, 3.63) is 45.8 Å². The minimum Gasteiger partial charge on any atom is -0.508 e. The molecule has 2 aliphatic rings. The number of para-hydroxylation sites is 1. The van der Waals surface area contributed by atoms with Crippen LogP contribution in [-0.4, -0.2) is 43.0 Å². The number of thiophene rings is 1. The molecule has 1 fully saturated rings. The fourth-order valence-corrected chi connectivity index (χ4v) is 5.72. The highest BCUT2D eigenvalue weighted by molar-refractivity contribution is 7.16. The van der Waals surface area contributed by atoms with E-state index in [1.165, 1.54) is 11.3 Å². The van der Waals surface area contributed by atoms with Crippen LogP contribution in [0.15, 0.2) is 24.3 Å². The Morgan fingerprint density at radius 3 is 2.79 bits per heavy atom. The molecule has 1 aromatic heterocycles. The number of alkyl carbamates (subject to hydrolysis) is 1. The summed E-state index contributed by atoms with van der Waals surface area (Å²) in [5.41, 5.74) is 2.51. The molecule has 4 rings (SSSR count). The van der Waals surface area contributed by atoms with Gasteiger partial charge in [0.15, 0.2) is 0 Å².